The third-order valence-corrected chi connectivity index (χ3v) is 5.48. The Labute approximate surface area is 140 Å². The van der Waals surface area contributed by atoms with Gasteiger partial charge in [-0.25, -0.2) is 8.42 Å². The third-order valence-electron chi connectivity index (χ3n) is 3.42. The Morgan fingerprint density at radius 1 is 1.00 bits per heavy atom. The van der Waals surface area contributed by atoms with E-state index in [1.54, 1.807) is 0 Å². The predicted molar refractivity (Wildman–Crippen MR) is 87.6 cm³/mol. The van der Waals surface area contributed by atoms with Crippen LogP contribution >= 0.6 is 0 Å². The molecule has 0 aliphatic heterocycles. The lowest BCUT2D eigenvalue weighted by molar-refractivity contribution is -0.137. The van der Waals surface area contributed by atoms with Crippen molar-refractivity contribution in [3.8, 4) is 0 Å². The largest absolute Gasteiger partial charge is 0.416 e. The van der Waals surface area contributed by atoms with Crippen LogP contribution in [0.5, 0.6) is 0 Å². The summed E-state index contributed by atoms with van der Waals surface area (Å²) in [6.07, 6.45) is -4.63. The summed E-state index contributed by atoms with van der Waals surface area (Å²) in [5.41, 5.74) is -2.54. The minimum atomic E-state index is -4.63. The van der Waals surface area contributed by atoms with Gasteiger partial charge in [-0.2, -0.15) is 17.6 Å². The van der Waals surface area contributed by atoms with Gasteiger partial charge >= 0.3 is 6.18 Å². The summed E-state index contributed by atoms with van der Waals surface area (Å²) in [5.74, 6) is 0. The number of sulfonamides is 1. The molecule has 0 spiro atoms. The highest BCUT2D eigenvalue weighted by Crippen LogP contribution is 2.33. The molecule has 0 atom stereocenters. The van der Waals surface area contributed by atoms with E-state index in [4.69, 9.17) is 0 Å². The van der Waals surface area contributed by atoms with Crippen LogP contribution < -0.4 is 0 Å². The maximum absolute atomic E-state index is 13.1. The Bertz CT molecular complexity index is 720. The lowest BCUT2D eigenvalue weighted by Gasteiger charge is -2.21. The Kier molecular flexibility index (Phi) is 5.28. The SMILES string of the molecule is C/C(=N\S(=O)(=O)C(C)(C)C)c1cc(C(C)(C)O)cc(C(F)(F)F)c1. The van der Waals surface area contributed by atoms with Gasteiger partial charge in [0.2, 0.25) is 0 Å². The molecule has 0 saturated carbocycles. The summed E-state index contributed by atoms with van der Waals surface area (Å²) in [4.78, 5) is 0. The second-order valence-corrected chi connectivity index (χ2v) is 9.48. The fourth-order valence-corrected chi connectivity index (χ4v) is 2.46. The van der Waals surface area contributed by atoms with Gasteiger partial charge in [-0.1, -0.05) is 0 Å². The minimum absolute atomic E-state index is 0.00484. The van der Waals surface area contributed by atoms with E-state index in [9.17, 15) is 26.7 Å². The van der Waals surface area contributed by atoms with Crippen molar-refractivity contribution < 1.29 is 26.7 Å². The molecule has 136 valence electrons. The van der Waals surface area contributed by atoms with Crippen LogP contribution in [-0.2, 0) is 21.8 Å². The van der Waals surface area contributed by atoms with Crippen molar-refractivity contribution in [1.82, 2.24) is 0 Å². The summed E-state index contributed by atoms with van der Waals surface area (Å²) >= 11 is 0. The fraction of sp³-hybridized carbons (Fsp3) is 0.562. The van der Waals surface area contributed by atoms with E-state index in [1.807, 2.05) is 0 Å². The second-order valence-electron chi connectivity index (χ2n) is 7.12. The zero-order valence-corrected chi connectivity index (χ0v) is 15.3. The number of rotatable bonds is 3. The lowest BCUT2D eigenvalue weighted by atomic mass is 9.93. The van der Waals surface area contributed by atoms with Crippen molar-refractivity contribution in [2.24, 2.45) is 4.40 Å². The van der Waals surface area contributed by atoms with Crippen molar-refractivity contribution in [2.45, 2.75) is 58.1 Å². The molecule has 0 bridgehead atoms. The van der Waals surface area contributed by atoms with E-state index in [2.05, 4.69) is 4.40 Å². The summed E-state index contributed by atoms with van der Waals surface area (Å²) in [6.45, 7) is 8.39. The van der Waals surface area contributed by atoms with E-state index >= 15 is 0 Å². The van der Waals surface area contributed by atoms with Gasteiger partial charge in [0.1, 0.15) is 0 Å². The molecule has 24 heavy (non-hydrogen) atoms. The van der Waals surface area contributed by atoms with Crippen LogP contribution in [0.15, 0.2) is 22.6 Å². The van der Waals surface area contributed by atoms with Crippen molar-refractivity contribution >= 4 is 15.7 Å². The van der Waals surface area contributed by atoms with Gasteiger partial charge in [0.05, 0.1) is 21.6 Å². The molecule has 0 aliphatic rings. The highest BCUT2D eigenvalue weighted by molar-refractivity contribution is 7.91. The molecule has 8 heteroatoms. The van der Waals surface area contributed by atoms with Gasteiger partial charge in [0.15, 0.2) is 0 Å². The molecular formula is C16H22F3NO3S. The molecule has 0 fully saturated rings. The quantitative estimate of drug-likeness (QED) is 0.827. The molecule has 0 aliphatic carbocycles. The molecule has 1 N–H and O–H groups in total. The zero-order valence-electron chi connectivity index (χ0n) is 14.5. The van der Waals surface area contributed by atoms with Crippen molar-refractivity contribution in [1.29, 1.82) is 0 Å². The first-order valence-electron chi connectivity index (χ1n) is 7.22. The molecule has 1 aromatic carbocycles. The minimum Gasteiger partial charge on any atom is -0.386 e. The van der Waals surface area contributed by atoms with Gasteiger partial charge in [-0.15, -0.1) is 0 Å². The summed E-state index contributed by atoms with van der Waals surface area (Å²) in [7, 11) is -3.90. The maximum atomic E-state index is 13.1. The number of hydrogen-bond donors (Lipinski definition) is 1. The molecule has 1 aromatic rings. The average Bonchev–Trinajstić information content (AvgIpc) is 2.34. The summed E-state index contributed by atoms with van der Waals surface area (Å²) in [5, 5.41) is 10.0. The van der Waals surface area contributed by atoms with Gasteiger partial charge < -0.3 is 5.11 Å². The van der Waals surface area contributed by atoms with Crippen LogP contribution in [0.4, 0.5) is 13.2 Å². The van der Waals surface area contributed by atoms with Crippen LogP contribution in [-0.4, -0.2) is 24.0 Å². The second kappa shape index (κ2) is 6.15. The summed E-state index contributed by atoms with van der Waals surface area (Å²) in [6, 6.07) is 2.98. The normalized spacial score (nSPS) is 14.8. The highest BCUT2D eigenvalue weighted by atomic mass is 32.2. The molecule has 1 rings (SSSR count). The van der Waals surface area contributed by atoms with E-state index in [0.29, 0.717) is 0 Å². The van der Waals surface area contributed by atoms with Gasteiger partial charge in [0.25, 0.3) is 10.0 Å². The highest BCUT2D eigenvalue weighted by Gasteiger charge is 2.33. The number of aliphatic hydroxyl groups is 1. The molecule has 0 aromatic heterocycles. The van der Waals surface area contributed by atoms with Gasteiger partial charge in [-0.05, 0) is 70.9 Å². The van der Waals surface area contributed by atoms with Crippen LogP contribution in [0.1, 0.15) is 58.2 Å². The van der Waals surface area contributed by atoms with Crippen molar-refractivity contribution in [3.63, 3.8) is 0 Å². The third kappa shape index (κ3) is 4.80. The fourth-order valence-electron chi connectivity index (χ4n) is 1.72. The topological polar surface area (TPSA) is 66.7 Å². The molecule has 0 unspecified atom stereocenters. The number of halogens is 3. The predicted octanol–water partition coefficient (Wildman–Crippen LogP) is 3.87. The van der Waals surface area contributed by atoms with E-state index < -0.39 is 32.1 Å². The first kappa shape index (κ1) is 20.6. The lowest BCUT2D eigenvalue weighted by Crippen LogP contribution is -2.27. The Morgan fingerprint density at radius 2 is 1.46 bits per heavy atom. The molecule has 0 radical (unpaired) electrons. The average molecular weight is 365 g/mol. The van der Waals surface area contributed by atoms with Crippen molar-refractivity contribution in [2.75, 3.05) is 0 Å². The maximum Gasteiger partial charge on any atom is 0.416 e. The Hall–Kier alpha value is -1.41. The summed E-state index contributed by atoms with van der Waals surface area (Å²) < 4.78 is 66.0. The van der Waals surface area contributed by atoms with Gasteiger partial charge in [-0.3, -0.25) is 0 Å². The van der Waals surface area contributed by atoms with Crippen LogP contribution in [0.25, 0.3) is 0 Å². The molecule has 0 amide bonds. The standard InChI is InChI=1S/C16H22F3NO3S/c1-10(20-24(22,23)14(2,3)4)11-7-12(15(5,6)21)9-13(8-11)16(17,18)19/h7-9,21H,1-6H3/b20-10+. The van der Waals surface area contributed by atoms with E-state index in [-0.39, 0.29) is 16.8 Å². The van der Waals surface area contributed by atoms with Gasteiger partial charge in [0, 0.05) is 0 Å². The number of hydrogen-bond acceptors (Lipinski definition) is 3. The van der Waals surface area contributed by atoms with Crippen LogP contribution in [0.3, 0.4) is 0 Å². The smallest absolute Gasteiger partial charge is 0.386 e. The zero-order chi connectivity index (χ0) is 19.1. The van der Waals surface area contributed by atoms with E-state index in [0.717, 1.165) is 12.1 Å². The van der Waals surface area contributed by atoms with Crippen LogP contribution in [0.2, 0.25) is 0 Å². The Balaban J connectivity index is 3.60. The number of alkyl halides is 3. The number of nitrogens with zero attached hydrogens (tertiary/aromatic N) is 1. The first-order chi connectivity index (χ1) is 10.4. The first-order valence-corrected chi connectivity index (χ1v) is 8.66. The van der Waals surface area contributed by atoms with Crippen LogP contribution in [0, 0.1) is 0 Å². The molecule has 4 nitrogen and oxygen atoms in total. The molecule has 0 heterocycles. The Morgan fingerprint density at radius 3 is 1.83 bits per heavy atom. The molecular weight excluding hydrogens is 343 g/mol. The number of benzene rings is 1. The van der Waals surface area contributed by atoms with E-state index in [1.165, 1.54) is 47.6 Å². The molecule has 0 saturated heterocycles. The monoisotopic (exact) mass is 365 g/mol. The van der Waals surface area contributed by atoms with Crippen molar-refractivity contribution in [3.05, 3.63) is 34.9 Å².